The van der Waals surface area contributed by atoms with Crippen molar-refractivity contribution in [3.05, 3.63) is 96.6 Å². The Hall–Kier alpha value is -2.54. The third-order valence-corrected chi connectivity index (χ3v) is 3.23. The van der Waals surface area contributed by atoms with Crippen LogP contribution in [0.1, 0.15) is 5.56 Å². The van der Waals surface area contributed by atoms with Gasteiger partial charge in [-0.25, -0.2) is 0 Å². The molecule has 1 nitrogen and oxygen atoms in total. The van der Waals surface area contributed by atoms with Gasteiger partial charge in [0.25, 0.3) is 0 Å². The molecule has 0 fully saturated rings. The van der Waals surface area contributed by atoms with Gasteiger partial charge in [0.2, 0.25) is 0 Å². The molecule has 3 aromatic carbocycles. The molecule has 0 atom stereocenters. The first-order valence-corrected chi connectivity index (χ1v) is 7.13. The fraction of sp³-hybridized carbons (Fsp3) is 0.100. The second kappa shape index (κ2) is 7.91. The van der Waals surface area contributed by atoms with Crippen molar-refractivity contribution in [2.75, 3.05) is 11.9 Å². The number of rotatable bonds is 2. The highest BCUT2D eigenvalue weighted by atomic mass is 15.1. The van der Waals surface area contributed by atoms with Crippen molar-refractivity contribution >= 4 is 11.4 Å². The Labute approximate surface area is 127 Å². The van der Waals surface area contributed by atoms with E-state index in [1.54, 1.807) is 0 Å². The second-order valence-electron chi connectivity index (χ2n) is 4.88. The van der Waals surface area contributed by atoms with Gasteiger partial charge < -0.3 is 4.90 Å². The number of hydrogen-bond donors (Lipinski definition) is 0. The molecule has 0 heterocycles. The molecule has 0 aliphatic rings. The zero-order valence-electron chi connectivity index (χ0n) is 12.6. The Morgan fingerprint density at radius 3 is 1.14 bits per heavy atom. The third kappa shape index (κ3) is 4.81. The summed E-state index contributed by atoms with van der Waals surface area (Å²) < 4.78 is 0. The summed E-state index contributed by atoms with van der Waals surface area (Å²) in [6.45, 7) is 2.08. The average Bonchev–Trinajstić information content (AvgIpc) is 2.57. The molecule has 0 aliphatic heterocycles. The first-order valence-electron chi connectivity index (χ1n) is 7.13. The third-order valence-electron chi connectivity index (χ3n) is 3.23. The molecule has 0 saturated carbocycles. The van der Waals surface area contributed by atoms with Gasteiger partial charge in [0, 0.05) is 18.4 Å². The second-order valence-corrected chi connectivity index (χ2v) is 4.88. The minimum atomic E-state index is 1.21. The molecule has 0 radical (unpaired) electrons. The van der Waals surface area contributed by atoms with E-state index in [1.165, 1.54) is 16.9 Å². The number of aryl methyl sites for hydroxylation is 1. The molecular weight excluding hydrogens is 254 g/mol. The van der Waals surface area contributed by atoms with Crippen molar-refractivity contribution in [1.82, 2.24) is 0 Å². The lowest BCUT2D eigenvalue weighted by molar-refractivity contribution is 1.21. The van der Waals surface area contributed by atoms with Gasteiger partial charge in [-0.1, -0.05) is 72.3 Å². The van der Waals surface area contributed by atoms with E-state index < -0.39 is 0 Å². The molecule has 3 rings (SSSR count). The maximum absolute atomic E-state index is 2.17. The fourth-order valence-electron chi connectivity index (χ4n) is 1.99. The molecule has 0 unspecified atom stereocenters. The Morgan fingerprint density at radius 2 is 0.857 bits per heavy atom. The van der Waals surface area contributed by atoms with Crippen LogP contribution in [0.15, 0.2) is 91.0 Å². The van der Waals surface area contributed by atoms with Gasteiger partial charge in [0.05, 0.1) is 0 Å². The summed E-state index contributed by atoms with van der Waals surface area (Å²) in [5.74, 6) is 0. The quantitative estimate of drug-likeness (QED) is 0.601. The van der Waals surface area contributed by atoms with E-state index in [1.807, 2.05) is 30.3 Å². The van der Waals surface area contributed by atoms with Crippen molar-refractivity contribution in [3.63, 3.8) is 0 Å². The normalized spacial score (nSPS) is 9.43. The van der Waals surface area contributed by atoms with Crippen LogP contribution in [0.2, 0.25) is 0 Å². The molecule has 1 heteroatoms. The Kier molecular flexibility index (Phi) is 5.60. The van der Waals surface area contributed by atoms with Crippen LogP contribution in [0, 0.1) is 6.92 Å². The van der Waals surface area contributed by atoms with E-state index in [9.17, 15) is 0 Å². The van der Waals surface area contributed by atoms with Crippen molar-refractivity contribution in [1.29, 1.82) is 0 Å². The van der Waals surface area contributed by atoms with E-state index in [0.29, 0.717) is 0 Å². The lowest BCUT2D eigenvalue weighted by Crippen LogP contribution is -2.08. The lowest BCUT2D eigenvalue weighted by atomic mass is 10.2. The summed E-state index contributed by atoms with van der Waals surface area (Å²) in [7, 11) is 2.07. The van der Waals surface area contributed by atoms with Crippen LogP contribution in [-0.4, -0.2) is 7.05 Å². The smallest absolute Gasteiger partial charge is 0.0408 e. The van der Waals surface area contributed by atoms with Crippen LogP contribution in [0.3, 0.4) is 0 Å². The van der Waals surface area contributed by atoms with Crippen molar-refractivity contribution in [2.24, 2.45) is 0 Å². The fourth-order valence-corrected chi connectivity index (χ4v) is 1.99. The molecule has 0 aromatic heterocycles. The predicted octanol–water partition coefficient (Wildman–Crippen LogP) is 5.45. The Balaban J connectivity index is 0.000000194. The maximum atomic E-state index is 2.17. The molecule has 0 aliphatic carbocycles. The minimum Gasteiger partial charge on any atom is -0.345 e. The number of anilines is 2. The van der Waals surface area contributed by atoms with Gasteiger partial charge in [-0.3, -0.25) is 0 Å². The summed E-state index contributed by atoms with van der Waals surface area (Å²) in [6.07, 6.45) is 0. The van der Waals surface area contributed by atoms with Crippen LogP contribution in [0.5, 0.6) is 0 Å². The summed E-state index contributed by atoms with van der Waals surface area (Å²) in [5, 5.41) is 0. The Morgan fingerprint density at radius 1 is 0.524 bits per heavy atom. The van der Waals surface area contributed by atoms with E-state index in [0.717, 1.165) is 0 Å². The first-order chi connectivity index (χ1) is 10.3. The molecule has 0 amide bonds. The standard InChI is InChI=1S/C13H13N.C7H8/c1-14(12-8-4-2-5-9-12)13-10-6-3-7-11-13;1-7-5-3-2-4-6-7/h2-11H,1H3;2-6H,1H3. The molecule has 0 bridgehead atoms. The van der Waals surface area contributed by atoms with Gasteiger partial charge >= 0.3 is 0 Å². The van der Waals surface area contributed by atoms with E-state index in [-0.39, 0.29) is 0 Å². The maximum Gasteiger partial charge on any atom is 0.0408 e. The van der Waals surface area contributed by atoms with Crippen molar-refractivity contribution in [2.45, 2.75) is 6.92 Å². The van der Waals surface area contributed by atoms with E-state index >= 15 is 0 Å². The largest absolute Gasteiger partial charge is 0.345 e. The van der Waals surface area contributed by atoms with Gasteiger partial charge in [0.15, 0.2) is 0 Å². The first kappa shape index (κ1) is 14.9. The van der Waals surface area contributed by atoms with Crippen molar-refractivity contribution < 1.29 is 0 Å². The van der Waals surface area contributed by atoms with E-state index in [4.69, 9.17) is 0 Å². The molecule has 0 saturated heterocycles. The van der Waals surface area contributed by atoms with Gasteiger partial charge in [-0.2, -0.15) is 0 Å². The molecule has 0 N–H and O–H groups in total. The molecule has 0 spiro atoms. The molecule has 106 valence electrons. The summed E-state index contributed by atoms with van der Waals surface area (Å²) in [5.41, 5.74) is 3.74. The highest BCUT2D eigenvalue weighted by Gasteiger charge is 2.00. The van der Waals surface area contributed by atoms with Crippen LogP contribution in [0.4, 0.5) is 11.4 Å². The number of hydrogen-bond acceptors (Lipinski definition) is 1. The number of benzene rings is 3. The SMILES string of the molecule is CN(c1ccccc1)c1ccccc1.Cc1ccccc1. The highest BCUT2D eigenvalue weighted by Crippen LogP contribution is 2.21. The minimum absolute atomic E-state index is 1.21. The lowest BCUT2D eigenvalue weighted by Gasteiger charge is -2.18. The average molecular weight is 275 g/mol. The predicted molar refractivity (Wildman–Crippen MR) is 92.1 cm³/mol. The number of para-hydroxylation sites is 2. The van der Waals surface area contributed by atoms with Gasteiger partial charge in [0.1, 0.15) is 0 Å². The van der Waals surface area contributed by atoms with Gasteiger partial charge in [-0.15, -0.1) is 0 Å². The number of nitrogens with zero attached hydrogens (tertiary/aromatic N) is 1. The topological polar surface area (TPSA) is 3.24 Å². The monoisotopic (exact) mass is 275 g/mol. The van der Waals surface area contributed by atoms with E-state index in [2.05, 4.69) is 79.5 Å². The van der Waals surface area contributed by atoms with Crippen LogP contribution in [0.25, 0.3) is 0 Å². The van der Waals surface area contributed by atoms with Crippen LogP contribution in [-0.2, 0) is 0 Å². The molecule has 3 aromatic rings. The summed E-state index contributed by atoms with van der Waals surface area (Å²) >= 11 is 0. The van der Waals surface area contributed by atoms with Crippen molar-refractivity contribution in [3.8, 4) is 0 Å². The summed E-state index contributed by atoms with van der Waals surface area (Å²) in [6, 6.07) is 30.9. The Bertz CT molecular complexity index is 578. The van der Waals surface area contributed by atoms with Crippen LogP contribution < -0.4 is 4.90 Å². The molecule has 21 heavy (non-hydrogen) atoms. The zero-order valence-corrected chi connectivity index (χ0v) is 12.6. The zero-order chi connectivity index (χ0) is 14.9. The summed E-state index contributed by atoms with van der Waals surface area (Å²) in [4.78, 5) is 2.17. The van der Waals surface area contributed by atoms with Gasteiger partial charge in [-0.05, 0) is 31.2 Å². The molecular formula is C20H21N. The van der Waals surface area contributed by atoms with Crippen LogP contribution >= 0.6 is 0 Å². The highest BCUT2D eigenvalue weighted by molar-refractivity contribution is 5.61.